The van der Waals surface area contributed by atoms with Crippen LogP contribution in [0.4, 0.5) is 0 Å². The predicted octanol–water partition coefficient (Wildman–Crippen LogP) is 1.18. The first-order valence-corrected chi connectivity index (χ1v) is 10.5. The Kier molecular flexibility index (Phi) is 7.83. The van der Waals surface area contributed by atoms with Gasteiger partial charge in [-0.1, -0.05) is 6.07 Å². The highest BCUT2D eigenvalue weighted by Crippen LogP contribution is 2.28. The highest BCUT2D eigenvalue weighted by Gasteiger charge is 2.20. The molecule has 0 aromatic heterocycles. The first-order valence-electron chi connectivity index (χ1n) is 8.93. The SMILES string of the molecule is COc1ccc(CN(C)C(=O)COC(=O)c2ccc(OC)c(S(N)(=O)=O)c2)cc1OC. The number of carbonyl (C=O) groups is 2. The molecule has 0 saturated carbocycles. The third kappa shape index (κ3) is 6.09. The van der Waals surface area contributed by atoms with Crippen molar-refractivity contribution >= 4 is 21.9 Å². The van der Waals surface area contributed by atoms with Gasteiger partial charge < -0.3 is 23.8 Å². The molecule has 0 fully saturated rings. The Hall–Kier alpha value is -3.31. The molecule has 11 heteroatoms. The fraction of sp³-hybridized carbons (Fsp3) is 0.300. The van der Waals surface area contributed by atoms with Gasteiger partial charge in [-0.15, -0.1) is 0 Å². The van der Waals surface area contributed by atoms with Crippen LogP contribution in [0.15, 0.2) is 41.3 Å². The highest BCUT2D eigenvalue weighted by molar-refractivity contribution is 7.89. The molecule has 0 bridgehead atoms. The van der Waals surface area contributed by atoms with Crippen LogP contribution in [0.5, 0.6) is 17.2 Å². The number of carbonyl (C=O) groups excluding carboxylic acids is 2. The number of likely N-dealkylation sites (N-methyl/N-ethyl adjacent to an activating group) is 1. The van der Waals surface area contributed by atoms with E-state index in [1.165, 1.54) is 38.4 Å². The zero-order chi connectivity index (χ0) is 23.2. The number of nitrogens with two attached hydrogens (primary N) is 1. The van der Waals surface area contributed by atoms with Gasteiger partial charge in [0.05, 0.1) is 26.9 Å². The molecule has 1 amide bonds. The second-order valence-electron chi connectivity index (χ2n) is 6.43. The van der Waals surface area contributed by atoms with Crippen molar-refractivity contribution in [1.82, 2.24) is 4.90 Å². The maximum Gasteiger partial charge on any atom is 0.338 e. The van der Waals surface area contributed by atoms with Crippen LogP contribution in [-0.4, -0.2) is 60.2 Å². The van der Waals surface area contributed by atoms with Gasteiger partial charge in [0.2, 0.25) is 10.0 Å². The van der Waals surface area contributed by atoms with E-state index in [1.54, 1.807) is 25.2 Å². The van der Waals surface area contributed by atoms with Gasteiger partial charge in [-0.3, -0.25) is 4.79 Å². The molecule has 2 N–H and O–H groups in total. The van der Waals surface area contributed by atoms with Crippen LogP contribution in [-0.2, 0) is 26.1 Å². The molecule has 2 aromatic rings. The predicted molar refractivity (Wildman–Crippen MR) is 111 cm³/mol. The Bertz CT molecular complexity index is 1070. The summed E-state index contributed by atoms with van der Waals surface area (Å²) in [6.07, 6.45) is 0. The molecular formula is C20H24N2O8S. The maximum atomic E-state index is 12.3. The van der Waals surface area contributed by atoms with Crippen molar-refractivity contribution < 1.29 is 37.0 Å². The van der Waals surface area contributed by atoms with Crippen LogP contribution in [0.1, 0.15) is 15.9 Å². The standard InChI is InChI=1S/C20H24N2O8S/c1-22(11-13-5-7-15(27-2)17(9-13)29-4)19(23)12-30-20(24)14-6-8-16(28-3)18(10-14)31(21,25)26/h5-10H,11-12H2,1-4H3,(H2,21,25,26). The summed E-state index contributed by atoms with van der Waals surface area (Å²) < 4.78 is 43.7. The van der Waals surface area contributed by atoms with E-state index in [0.29, 0.717) is 11.5 Å². The molecule has 31 heavy (non-hydrogen) atoms. The van der Waals surface area contributed by atoms with Gasteiger partial charge in [0.1, 0.15) is 10.6 Å². The van der Waals surface area contributed by atoms with Crippen LogP contribution in [0, 0.1) is 0 Å². The second kappa shape index (κ2) is 10.1. The summed E-state index contributed by atoms with van der Waals surface area (Å²) in [4.78, 5) is 25.6. The van der Waals surface area contributed by atoms with Crippen molar-refractivity contribution in [1.29, 1.82) is 0 Å². The Morgan fingerprint density at radius 3 is 2.13 bits per heavy atom. The molecule has 0 heterocycles. The van der Waals surface area contributed by atoms with Gasteiger partial charge >= 0.3 is 5.97 Å². The zero-order valence-corrected chi connectivity index (χ0v) is 18.4. The average Bonchev–Trinajstić information content (AvgIpc) is 2.75. The number of primary sulfonamides is 1. The monoisotopic (exact) mass is 452 g/mol. The molecule has 168 valence electrons. The number of benzene rings is 2. The smallest absolute Gasteiger partial charge is 0.338 e. The fourth-order valence-corrected chi connectivity index (χ4v) is 3.41. The van der Waals surface area contributed by atoms with Crippen LogP contribution in [0.3, 0.4) is 0 Å². The van der Waals surface area contributed by atoms with Crippen molar-refractivity contribution in [3.63, 3.8) is 0 Å². The van der Waals surface area contributed by atoms with E-state index in [4.69, 9.17) is 24.1 Å². The summed E-state index contributed by atoms with van der Waals surface area (Å²) in [5.41, 5.74) is 0.702. The molecule has 0 unspecified atom stereocenters. The fourth-order valence-electron chi connectivity index (χ4n) is 2.69. The molecule has 0 radical (unpaired) electrons. The second-order valence-corrected chi connectivity index (χ2v) is 7.96. The number of hydrogen-bond donors (Lipinski definition) is 1. The van der Waals surface area contributed by atoms with Crippen LogP contribution < -0.4 is 19.3 Å². The molecule has 2 rings (SSSR count). The van der Waals surface area contributed by atoms with Gasteiger partial charge in [0.25, 0.3) is 5.91 Å². The molecule has 0 aliphatic heterocycles. The number of amides is 1. The minimum absolute atomic E-state index is 0.00946. The first kappa shape index (κ1) is 24.0. The number of esters is 1. The lowest BCUT2D eigenvalue weighted by molar-refractivity contribution is -0.133. The first-order chi connectivity index (χ1) is 14.6. The van der Waals surface area contributed by atoms with Crippen LogP contribution in [0.2, 0.25) is 0 Å². The summed E-state index contributed by atoms with van der Waals surface area (Å²) in [5, 5.41) is 5.14. The third-order valence-electron chi connectivity index (χ3n) is 4.33. The quantitative estimate of drug-likeness (QED) is 0.561. The van der Waals surface area contributed by atoms with E-state index in [2.05, 4.69) is 0 Å². The molecule has 10 nitrogen and oxygen atoms in total. The van der Waals surface area contributed by atoms with Gasteiger partial charge in [0, 0.05) is 13.6 Å². The van der Waals surface area contributed by atoms with E-state index in [9.17, 15) is 18.0 Å². The Morgan fingerprint density at radius 1 is 0.935 bits per heavy atom. The minimum Gasteiger partial charge on any atom is -0.495 e. The summed E-state index contributed by atoms with van der Waals surface area (Å²) in [6.45, 7) is -0.284. The third-order valence-corrected chi connectivity index (χ3v) is 5.26. The van der Waals surface area contributed by atoms with E-state index < -0.39 is 28.5 Å². The molecule has 0 aliphatic rings. The number of rotatable bonds is 9. The van der Waals surface area contributed by atoms with E-state index in [1.807, 2.05) is 0 Å². The maximum absolute atomic E-state index is 12.3. The molecule has 0 saturated heterocycles. The molecule has 2 aromatic carbocycles. The summed E-state index contributed by atoms with van der Waals surface area (Å²) in [6, 6.07) is 8.87. The van der Waals surface area contributed by atoms with Crippen molar-refractivity contribution in [3.8, 4) is 17.2 Å². The topological polar surface area (TPSA) is 134 Å². The van der Waals surface area contributed by atoms with Crippen LogP contribution >= 0.6 is 0 Å². The van der Waals surface area contributed by atoms with Crippen LogP contribution in [0.25, 0.3) is 0 Å². The molecule has 0 atom stereocenters. The zero-order valence-electron chi connectivity index (χ0n) is 17.6. The van der Waals surface area contributed by atoms with Crippen molar-refractivity contribution in [2.45, 2.75) is 11.4 Å². The summed E-state index contributed by atoms with van der Waals surface area (Å²) >= 11 is 0. The molecule has 0 aliphatic carbocycles. The minimum atomic E-state index is -4.12. The Morgan fingerprint density at radius 2 is 1.55 bits per heavy atom. The molecule has 0 spiro atoms. The Labute approximate surface area is 180 Å². The van der Waals surface area contributed by atoms with E-state index in [0.717, 1.165) is 11.6 Å². The lowest BCUT2D eigenvalue weighted by Gasteiger charge is -2.18. The van der Waals surface area contributed by atoms with Gasteiger partial charge in [-0.25, -0.2) is 18.4 Å². The van der Waals surface area contributed by atoms with E-state index >= 15 is 0 Å². The lowest BCUT2D eigenvalue weighted by atomic mass is 10.2. The highest BCUT2D eigenvalue weighted by atomic mass is 32.2. The number of sulfonamides is 1. The van der Waals surface area contributed by atoms with Gasteiger partial charge in [0.15, 0.2) is 18.1 Å². The number of methoxy groups -OCH3 is 3. The number of nitrogens with zero attached hydrogens (tertiary/aromatic N) is 1. The largest absolute Gasteiger partial charge is 0.495 e. The number of ether oxygens (including phenoxy) is 4. The van der Waals surface area contributed by atoms with Crippen molar-refractivity contribution in [2.24, 2.45) is 5.14 Å². The molecular weight excluding hydrogens is 428 g/mol. The normalized spacial score (nSPS) is 10.9. The van der Waals surface area contributed by atoms with E-state index in [-0.39, 0.29) is 22.8 Å². The average molecular weight is 452 g/mol. The van der Waals surface area contributed by atoms with Crippen molar-refractivity contribution in [2.75, 3.05) is 35.0 Å². The lowest BCUT2D eigenvalue weighted by Crippen LogP contribution is -2.30. The van der Waals surface area contributed by atoms with Crippen molar-refractivity contribution in [3.05, 3.63) is 47.5 Å². The van der Waals surface area contributed by atoms with Gasteiger partial charge in [-0.2, -0.15) is 0 Å². The summed E-state index contributed by atoms with van der Waals surface area (Å²) in [5.74, 6) is -0.251. The Balaban J connectivity index is 2.03. The number of hydrogen-bond acceptors (Lipinski definition) is 8. The summed E-state index contributed by atoms with van der Waals surface area (Å²) in [7, 11) is 1.74. The van der Waals surface area contributed by atoms with Gasteiger partial charge in [-0.05, 0) is 35.9 Å².